The summed E-state index contributed by atoms with van der Waals surface area (Å²) in [5.41, 5.74) is 5.03. The van der Waals surface area contributed by atoms with Crippen molar-refractivity contribution in [2.75, 3.05) is 16.8 Å². The number of anilines is 3. The van der Waals surface area contributed by atoms with E-state index < -0.39 is 10.8 Å². The molecule has 2 aliphatic heterocycles. The molecule has 0 radical (unpaired) electrons. The quantitative estimate of drug-likeness (QED) is 0.598. The van der Waals surface area contributed by atoms with Crippen molar-refractivity contribution in [3.8, 4) is 11.1 Å². The first-order chi connectivity index (χ1) is 15.0. The largest absolute Gasteiger partial charge is 0.314 e. The van der Waals surface area contributed by atoms with Crippen LogP contribution in [0.1, 0.15) is 44.6 Å². The molecule has 0 unspecified atom stereocenters. The van der Waals surface area contributed by atoms with E-state index in [0.717, 1.165) is 39.3 Å². The van der Waals surface area contributed by atoms with Crippen LogP contribution in [0.5, 0.6) is 0 Å². The highest BCUT2D eigenvalue weighted by molar-refractivity contribution is 6.14. The third-order valence-electron chi connectivity index (χ3n) is 6.88. The molecular formula is C26H26N4O2. The van der Waals surface area contributed by atoms with Gasteiger partial charge in [-0.25, -0.2) is 9.97 Å². The minimum Gasteiger partial charge on any atom is -0.314 e. The molecule has 0 aliphatic carbocycles. The number of rotatable bonds is 2. The number of likely N-dealkylation sites (N-methyl/N-ethyl adjacent to an activating group) is 1. The number of fused-ring (bicyclic) bond motifs is 2. The number of nitrogens with zero attached hydrogens (tertiary/aromatic N) is 4. The normalized spacial score (nSPS) is 18.2. The first-order valence-electron chi connectivity index (χ1n) is 10.7. The smallest absolute Gasteiger partial charge is 0.241 e. The second-order valence-corrected chi connectivity index (χ2v) is 9.71. The molecule has 0 fully saturated rings. The molecule has 0 saturated heterocycles. The minimum atomic E-state index is -0.655. The molecule has 0 spiro atoms. The molecule has 2 aliphatic rings. The number of aromatic nitrogens is 2. The lowest BCUT2D eigenvalue weighted by Gasteiger charge is -2.22. The van der Waals surface area contributed by atoms with Gasteiger partial charge in [0.05, 0.1) is 22.2 Å². The number of carbonyl (C=O) groups excluding carboxylic acids is 2. The Morgan fingerprint density at radius 2 is 1.34 bits per heavy atom. The first-order valence-corrected chi connectivity index (χ1v) is 10.7. The molecule has 3 aromatic rings. The van der Waals surface area contributed by atoms with Crippen LogP contribution in [0, 0.1) is 6.92 Å². The summed E-state index contributed by atoms with van der Waals surface area (Å²) in [6.07, 6.45) is 3.60. The highest BCUT2D eigenvalue weighted by Gasteiger charge is 2.46. The van der Waals surface area contributed by atoms with Gasteiger partial charge in [0, 0.05) is 30.7 Å². The fourth-order valence-electron chi connectivity index (χ4n) is 4.84. The van der Waals surface area contributed by atoms with Crippen molar-refractivity contribution < 1.29 is 9.59 Å². The zero-order valence-corrected chi connectivity index (χ0v) is 19.2. The average molecular weight is 427 g/mol. The summed E-state index contributed by atoms with van der Waals surface area (Å²) in [4.78, 5) is 38.4. The Morgan fingerprint density at radius 1 is 0.750 bits per heavy atom. The fraction of sp³-hybridized carbons (Fsp3) is 0.308. The van der Waals surface area contributed by atoms with E-state index >= 15 is 0 Å². The van der Waals surface area contributed by atoms with Crippen LogP contribution in [0.3, 0.4) is 0 Å². The van der Waals surface area contributed by atoms with E-state index in [4.69, 9.17) is 0 Å². The summed E-state index contributed by atoms with van der Waals surface area (Å²) in [5.74, 6) is 0.781. The van der Waals surface area contributed by atoms with Crippen molar-refractivity contribution in [2.24, 2.45) is 0 Å². The van der Waals surface area contributed by atoms with Gasteiger partial charge in [-0.15, -0.1) is 0 Å². The van der Waals surface area contributed by atoms with Gasteiger partial charge in [-0.2, -0.15) is 0 Å². The third kappa shape index (κ3) is 2.65. The van der Waals surface area contributed by atoms with Gasteiger partial charge in [0.15, 0.2) is 0 Å². The van der Waals surface area contributed by atoms with E-state index in [9.17, 15) is 9.59 Å². The number of aryl methyl sites for hydroxylation is 1. The molecule has 162 valence electrons. The third-order valence-corrected chi connectivity index (χ3v) is 6.88. The minimum absolute atomic E-state index is 0.0102. The van der Waals surface area contributed by atoms with E-state index in [-0.39, 0.29) is 11.8 Å². The Morgan fingerprint density at radius 3 is 2.03 bits per heavy atom. The standard InChI is InChI=1S/C26H26N4O2/c1-15-27-13-17(14-28-15)16-7-9-20-22(11-16)30(24(32)26(20,4)5)18-8-10-19-21(12-18)29(6)23(31)25(19,2)3/h7-14H,1-6H3. The predicted molar refractivity (Wildman–Crippen MR) is 125 cm³/mol. The van der Waals surface area contributed by atoms with Gasteiger partial charge < -0.3 is 4.90 Å². The van der Waals surface area contributed by atoms with Crippen LogP contribution in [0.2, 0.25) is 0 Å². The Hall–Kier alpha value is -3.54. The van der Waals surface area contributed by atoms with Gasteiger partial charge in [0.1, 0.15) is 5.82 Å². The van der Waals surface area contributed by atoms with Gasteiger partial charge in [-0.05, 0) is 69.5 Å². The molecule has 0 N–H and O–H groups in total. The van der Waals surface area contributed by atoms with Crippen LogP contribution >= 0.6 is 0 Å². The van der Waals surface area contributed by atoms with E-state index in [0.29, 0.717) is 5.82 Å². The predicted octanol–water partition coefficient (Wildman–Crippen LogP) is 4.66. The number of benzene rings is 2. The zero-order chi connectivity index (χ0) is 23.0. The highest BCUT2D eigenvalue weighted by Crippen LogP contribution is 2.49. The van der Waals surface area contributed by atoms with Gasteiger partial charge >= 0.3 is 0 Å². The van der Waals surface area contributed by atoms with Crippen LogP contribution in [0.15, 0.2) is 48.8 Å². The molecule has 3 heterocycles. The van der Waals surface area contributed by atoms with Crippen LogP contribution in [0.4, 0.5) is 17.1 Å². The molecule has 0 bridgehead atoms. The van der Waals surface area contributed by atoms with E-state index in [1.165, 1.54) is 0 Å². The average Bonchev–Trinajstić information content (AvgIpc) is 3.07. The number of hydrogen-bond acceptors (Lipinski definition) is 4. The van der Waals surface area contributed by atoms with E-state index in [2.05, 4.69) is 9.97 Å². The van der Waals surface area contributed by atoms with E-state index in [1.807, 2.05) is 71.0 Å². The van der Waals surface area contributed by atoms with Crippen LogP contribution < -0.4 is 9.80 Å². The molecule has 6 nitrogen and oxygen atoms in total. The summed E-state index contributed by atoms with van der Waals surface area (Å²) in [6.45, 7) is 9.63. The maximum Gasteiger partial charge on any atom is 0.241 e. The molecule has 0 atom stereocenters. The van der Waals surface area contributed by atoms with Gasteiger partial charge in [-0.1, -0.05) is 18.2 Å². The van der Waals surface area contributed by atoms with Crippen molar-refractivity contribution in [3.63, 3.8) is 0 Å². The van der Waals surface area contributed by atoms with Gasteiger partial charge in [0.25, 0.3) is 0 Å². The summed E-state index contributed by atoms with van der Waals surface area (Å²) in [7, 11) is 1.79. The van der Waals surface area contributed by atoms with Crippen molar-refractivity contribution in [1.82, 2.24) is 9.97 Å². The molecule has 2 aromatic carbocycles. The molecule has 32 heavy (non-hydrogen) atoms. The SMILES string of the molecule is Cc1ncc(-c2ccc3c(c2)N(c2ccc4c(c2)N(C)C(=O)C4(C)C)C(=O)C3(C)C)cn1. The summed E-state index contributed by atoms with van der Waals surface area (Å²) in [6, 6.07) is 11.9. The molecule has 1 aromatic heterocycles. The monoisotopic (exact) mass is 426 g/mol. The second-order valence-electron chi connectivity index (χ2n) is 9.71. The topological polar surface area (TPSA) is 66.4 Å². The molecule has 5 rings (SSSR count). The molecular weight excluding hydrogens is 400 g/mol. The maximum absolute atomic E-state index is 13.6. The van der Waals surface area contributed by atoms with Crippen LogP contribution in [-0.4, -0.2) is 28.8 Å². The molecule has 2 amide bonds. The summed E-state index contributed by atoms with van der Waals surface area (Å²) >= 11 is 0. The van der Waals surface area contributed by atoms with Gasteiger partial charge in [0.2, 0.25) is 11.8 Å². The Bertz CT molecular complexity index is 1290. The first kappa shape index (κ1) is 20.4. The van der Waals surface area contributed by atoms with Crippen molar-refractivity contribution in [3.05, 3.63) is 65.7 Å². The van der Waals surface area contributed by atoms with Crippen molar-refractivity contribution in [2.45, 2.75) is 45.4 Å². The van der Waals surface area contributed by atoms with Crippen molar-refractivity contribution in [1.29, 1.82) is 0 Å². The van der Waals surface area contributed by atoms with E-state index in [1.54, 1.807) is 29.2 Å². The van der Waals surface area contributed by atoms with Crippen LogP contribution in [-0.2, 0) is 20.4 Å². The van der Waals surface area contributed by atoms with Gasteiger partial charge in [-0.3, -0.25) is 14.5 Å². The molecule has 0 saturated carbocycles. The lowest BCUT2D eigenvalue weighted by molar-refractivity contribution is -0.122. The second kappa shape index (κ2) is 6.48. The maximum atomic E-state index is 13.6. The summed E-state index contributed by atoms with van der Waals surface area (Å²) in [5, 5.41) is 0. The van der Waals surface area contributed by atoms with Crippen molar-refractivity contribution >= 4 is 28.9 Å². The van der Waals surface area contributed by atoms with Crippen LogP contribution in [0.25, 0.3) is 11.1 Å². The zero-order valence-electron chi connectivity index (χ0n) is 19.2. The number of hydrogen-bond donors (Lipinski definition) is 0. The summed E-state index contributed by atoms with van der Waals surface area (Å²) < 4.78 is 0. The lowest BCUT2D eigenvalue weighted by Crippen LogP contribution is -2.33. The number of amides is 2. The lowest BCUT2D eigenvalue weighted by atomic mass is 9.85. The highest BCUT2D eigenvalue weighted by atomic mass is 16.2. The Labute approximate surface area is 187 Å². The Kier molecular flexibility index (Phi) is 4.13. The number of carbonyl (C=O) groups is 2. The molecule has 6 heteroatoms. The fourth-order valence-corrected chi connectivity index (χ4v) is 4.84. The Balaban J connectivity index is 1.66.